The van der Waals surface area contributed by atoms with E-state index in [-0.39, 0.29) is 22.1 Å². The van der Waals surface area contributed by atoms with Gasteiger partial charge < -0.3 is 14.2 Å². The molecule has 4 rings (SSSR count). The summed E-state index contributed by atoms with van der Waals surface area (Å²) in [5, 5.41) is 0.572. The number of fused-ring (bicyclic) bond motifs is 3. The van der Waals surface area contributed by atoms with E-state index in [0.717, 1.165) is 12.0 Å². The van der Waals surface area contributed by atoms with Gasteiger partial charge in [-0.25, -0.2) is 4.98 Å². The smallest absolute Gasteiger partial charge is 0.262 e. The van der Waals surface area contributed by atoms with Gasteiger partial charge in [0, 0.05) is 12.1 Å². The van der Waals surface area contributed by atoms with Crippen molar-refractivity contribution >= 4 is 43.3 Å². The second-order valence-electron chi connectivity index (χ2n) is 8.24. The summed E-state index contributed by atoms with van der Waals surface area (Å²) in [5.41, 5.74) is 1.41. The molecular weight excluding hydrogens is 508 g/mol. The number of rotatable bonds is 7. The topological polar surface area (TPSA) is 79.7 Å². The molecule has 1 aromatic carbocycles. The van der Waals surface area contributed by atoms with Crippen molar-refractivity contribution in [2.75, 3.05) is 21.3 Å². The number of ketones is 1. The van der Waals surface area contributed by atoms with Crippen LogP contribution in [0.5, 0.6) is 17.2 Å². The molecule has 0 spiro atoms. The Morgan fingerprint density at radius 2 is 1.85 bits per heavy atom. The highest BCUT2D eigenvalue weighted by Crippen LogP contribution is 2.42. The molecule has 0 aliphatic heterocycles. The predicted molar refractivity (Wildman–Crippen MR) is 134 cm³/mol. The Balaban J connectivity index is 2.03. The molecule has 0 N–H and O–H groups in total. The molecule has 0 amide bonds. The SMILES string of the molecule is CCC(C)Cn1c(-c2cc(OC)c(OC)c(OC)c2)nc2sc3c(c2c1=O)CCC(Br)C3=O. The third-order valence-corrected chi connectivity index (χ3v) is 8.19. The van der Waals surface area contributed by atoms with Crippen LogP contribution in [0, 0.1) is 5.92 Å². The summed E-state index contributed by atoms with van der Waals surface area (Å²) in [5.74, 6) is 2.26. The Morgan fingerprint density at radius 3 is 2.42 bits per heavy atom. The van der Waals surface area contributed by atoms with Crippen molar-refractivity contribution in [3.63, 3.8) is 0 Å². The molecule has 3 aromatic rings. The molecule has 176 valence electrons. The summed E-state index contributed by atoms with van der Waals surface area (Å²) in [7, 11) is 4.66. The molecule has 0 saturated heterocycles. The third kappa shape index (κ3) is 4.05. The molecule has 0 fully saturated rings. The molecule has 0 bridgehead atoms. The van der Waals surface area contributed by atoms with Crippen LogP contribution < -0.4 is 19.8 Å². The number of Topliss-reactive ketones (excluding diaryl/α,β-unsaturated/α-hetero) is 1. The van der Waals surface area contributed by atoms with Crippen molar-refractivity contribution in [1.82, 2.24) is 9.55 Å². The first-order valence-electron chi connectivity index (χ1n) is 10.9. The standard InChI is InChI=1S/C24H27BrN2O5S/c1-6-12(2)11-27-22(13-9-16(30-3)20(32-5)17(10-13)31-4)26-23-18(24(27)29)14-7-8-15(25)19(28)21(14)33-23/h9-10,12,15H,6-8,11H2,1-5H3. The molecule has 2 aromatic heterocycles. The third-order valence-electron chi connectivity index (χ3n) is 6.18. The quantitative estimate of drug-likeness (QED) is 0.393. The molecule has 1 aliphatic rings. The average molecular weight is 535 g/mol. The van der Waals surface area contributed by atoms with Crippen LogP contribution in [0.2, 0.25) is 0 Å². The predicted octanol–water partition coefficient (Wildman–Crippen LogP) is 5.09. The number of benzene rings is 1. The van der Waals surface area contributed by atoms with Gasteiger partial charge >= 0.3 is 0 Å². The molecule has 2 atom stereocenters. The highest BCUT2D eigenvalue weighted by atomic mass is 79.9. The zero-order valence-electron chi connectivity index (χ0n) is 19.4. The fourth-order valence-corrected chi connectivity index (χ4v) is 5.98. The number of alkyl halides is 1. The molecule has 2 unspecified atom stereocenters. The minimum absolute atomic E-state index is 0.0291. The van der Waals surface area contributed by atoms with E-state index in [1.54, 1.807) is 38.0 Å². The number of nitrogens with zero attached hydrogens (tertiary/aromatic N) is 2. The van der Waals surface area contributed by atoms with Gasteiger partial charge in [-0.1, -0.05) is 36.2 Å². The van der Waals surface area contributed by atoms with E-state index in [9.17, 15) is 9.59 Å². The maximum absolute atomic E-state index is 13.8. The normalized spacial score (nSPS) is 16.5. The monoisotopic (exact) mass is 534 g/mol. The Labute approximate surface area is 204 Å². The molecule has 33 heavy (non-hydrogen) atoms. The highest BCUT2D eigenvalue weighted by molar-refractivity contribution is 9.10. The van der Waals surface area contributed by atoms with Gasteiger partial charge in [0.05, 0.1) is 36.4 Å². The van der Waals surface area contributed by atoms with E-state index in [1.165, 1.54) is 11.3 Å². The maximum Gasteiger partial charge on any atom is 0.262 e. The zero-order valence-corrected chi connectivity index (χ0v) is 21.8. The van der Waals surface area contributed by atoms with Gasteiger partial charge in [0.2, 0.25) is 5.75 Å². The molecule has 0 radical (unpaired) electrons. The van der Waals surface area contributed by atoms with Gasteiger partial charge in [0.25, 0.3) is 5.56 Å². The molecule has 0 saturated carbocycles. The summed E-state index contributed by atoms with van der Waals surface area (Å²) >= 11 is 4.77. The van der Waals surface area contributed by atoms with Gasteiger partial charge in [-0.3, -0.25) is 14.2 Å². The zero-order chi connectivity index (χ0) is 23.9. The Bertz CT molecular complexity index is 1260. The second kappa shape index (κ2) is 9.46. The summed E-state index contributed by atoms with van der Waals surface area (Å²) in [6.45, 7) is 4.73. The van der Waals surface area contributed by atoms with Crippen molar-refractivity contribution < 1.29 is 19.0 Å². The summed E-state index contributed by atoms with van der Waals surface area (Å²) in [6.07, 6.45) is 2.28. The number of halogens is 1. The minimum Gasteiger partial charge on any atom is -0.493 e. The number of thiophene rings is 1. The lowest BCUT2D eigenvalue weighted by atomic mass is 9.96. The second-order valence-corrected chi connectivity index (χ2v) is 10.3. The largest absolute Gasteiger partial charge is 0.493 e. The number of hydrogen-bond acceptors (Lipinski definition) is 7. The first-order chi connectivity index (χ1) is 15.8. The van der Waals surface area contributed by atoms with E-state index >= 15 is 0 Å². The first-order valence-corrected chi connectivity index (χ1v) is 12.6. The molecular formula is C24H27BrN2O5S. The van der Waals surface area contributed by atoms with Crippen molar-refractivity contribution in [1.29, 1.82) is 0 Å². The number of aromatic nitrogens is 2. The van der Waals surface area contributed by atoms with Crippen molar-refractivity contribution in [3.8, 4) is 28.6 Å². The van der Waals surface area contributed by atoms with E-state index in [4.69, 9.17) is 19.2 Å². The molecule has 9 heteroatoms. The van der Waals surface area contributed by atoms with Crippen LogP contribution in [-0.2, 0) is 13.0 Å². The average Bonchev–Trinajstić information content (AvgIpc) is 3.21. The fourth-order valence-electron chi connectivity index (χ4n) is 4.16. The highest BCUT2D eigenvalue weighted by Gasteiger charge is 2.32. The van der Waals surface area contributed by atoms with E-state index in [1.807, 2.05) is 0 Å². The van der Waals surface area contributed by atoms with Gasteiger partial charge in [0.1, 0.15) is 10.7 Å². The number of aryl methyl sites for hydroxylation is 1. The van der Waals surface area contributed by atoms with Crippen LogP contribution in [0.3, 0.4) is 0 Å². The molecule has 1 aliphatic carbocycles. The first kappa shape index (κ1) is 23.8. The van der Waals surface area contributed by atoms with Gasteiger partial charge in [0.15, 0.2) is 17.3 Å². The maximum atomic E-state index is 13.8. The van der Waals surface area contributed by atoms with E-state index < -0.39 is 0 Å². The van der Waals surface area contributed by atoms with Gasteiger partial charge in [-0.05, 0) is 36.5 Å². The van der Waals surface area contributed by atoms with Crippen molar-refractivity contribution in [3.05, 3.63) is 32.9 Å². The number of ether oxygens (including phenoxy) is 3. The lowest BCUT2D eigenvalue weighted by Gasteiger charge is -2.19. The van der Waals surface area contributed by atoms with E-state index in [2.05, 4.69) is 29.8 Å². The Morgan fingerprint density at radius 1 is 1.18 bits per heavy atom. The summed E-state index contributed by atoms with van der Waals surface area (Å²) in [4.78, 5) is 32.6. The van der Waals surface area contributed by atoms with Gasteiger partial charge in [-0.2, -0.15) is 0 Å². The fraction of sp³-hybridized carbons (Fsp3) is 0.458. The van der Waals surface area contributed by atoms with Crippen LogP contribution in [0.15, 0.2) is 16.9 Å². The van der Waals surface area contributed by atoms with Crippen molar-refractivity contribution in [2.24, 2.45) is 5.92 Å². The molecule has 7 nitrogen and oxygen atoms in total. The van der Waals surface area contributed by atoms with Crippen LogP contribution in [-0.4, -0.2) is 41.5 Å². The van der Waals surface area contributed by atoms with Crippen molar-refractivity contribution in [2.45, 2.75) is 44.5 Å². The van der Waals surface area contributed by atoms with Crippen LogP contribution >= 0.6 is 27.3 Å². The van der Waals surface area contributed by atoms with Gasteiger partial charge in [-0.15, -0.1) is 11.3 Å². The van der Waals surface area contributed by atoms with Crippen LogP contribution in [0.1, 0.15) is 41.9 Å². The number of carbonyl (C=O) groups is 1. The van der Waals surface area contributed by atoms with Crippen LogP contribution in [0.25, 0.3) is 21.6 Å². The van der Waals surface area contributed by atoms with E-state index in [0.29, 0.717) is 63.1 Å². The van der Waals surface area contributed by atoms with Crippen LogP contribution in [0.4, 0.5) is 0 Å². The lowest BCUT2D eigenvalue weighted by Crippen LogP contribution is -2.27. The number of carbonyl (C=O) groups excluding carboxylic acids is 1. The molecule has 2 heterocycles. The number of hydrogen-bond donors (Lipinski definition) is 0. The summed E-state index contributed by atoms with van der Waals surface area (Å²) < 4.78 is 18.2. The Hall–Kier alpha value is -2.39. The minimum atomic E-state index is -0.213. The number of methoxy groups -OCH3 is 3. The summed E-state index contributed by atoms with van der Waals surface area (Å²) in [6, 6.07) is 3.60. The lowest BCUT2D eigenvalue weighted by molar-refractivity contribution is 0.0986. The Kier molecular flexibility index (Phi) is 6.81.